The maximum Gasteiger partial charge on any atom is 0.265 e. The SMILES string of the molecule is Nc1ncc(-c2cccc(N=CC(=O)N3CCOCC3)c2)c(N)n1. The highest BCUT2D eigenvalue weighted by atomic mass is 16.5. The molecule has 1 fully saturated rings. The molecule has 4 N–H and O–H groups in total. The maximum atomic E-state index is 12.1. The molecule has 2 aromatic rings. The van der Waals surface area contributed by atoms with Gasteiger partial charge in [-0.05, 0) is 17.7 Å². The summed E-state index contributed by atoms with van der Waals surface area (Å²) in [7, 11) is 0. The fraction of sp³-hybridized carbons (Fsp3) is 0.250. The molecule has 1 amide bonds. The van der Waals surface area contributed by atoms with E-state index < -0.39 is 0 Å². The summed E-state index contributed by atoms with van der Waals surface area (Å²) in [6.45, 7) is 2.30. The standard InChI is InChI=1S/C16H18N6O2/c17-15-13(9-20-16(18)21-15)11-2-1-3-12(8-11)19-10-14(23)22-4-6-24-7-5-22/h1-3,8-10H,4-7H2,(H4,17,18,20,21). The molecule has 0 radical (unpaired) electrons. The number of ether oxygens (including phenoxy) is 1. The predicted octanol–water partition coefficient (Wildman–Crippen LogP) is 0.869. The molecule has 0 aliphatic carbocycles. The Kier molecular flexibility index (Phi) is 4.66. The average Bonchev–Trinajstić information content (AvgIpc) is 2.60. The second-order valence-corrected chi connectivity index (χ2v) is 5.27. The van der Waals surface area contributed by atoms with Crippen molar-refractivity contribution in [3.05, 3.63) is 30.5 Å². The Morgan fingerprint density at radius 1 is 1.29 bits per heavy atom. The lowest BCUT2D eigenvalue weighted by atomic mass is 10.1. The van der Waals surface area contributed by atoms with Gasteiger partial charge in [0.15, 0.2) is 0 Å². The summed E-state index contributed by atoms with van der Waals surface area (Å²) < 4.78 is 5.23. The molecular formula is C16H18N6O2. The van der Waals surface area contributed by atoms with E-state index in [1.165, 1.54) is 6.21 Å². The molecule has 0 atom stereocenters. The first-order valence-corrected chi connectivity index (χ1v) is 7.52. The zero-order chi connectivity index (χ0) is 16.9. The average molecular weight is 326 g/mol. The van der Waals surface area contributed by atoms with Crippen LogP contribution < -0.4 is 11.5 Å². The molecule has 1 aromatic carbocycles. The minimum atomic E-state index is -0.126. The molecule has 3 rings (SSSR count). The van der Waals surface area contributed by atoms with Crippen molar-refractivity contribution >= 4 is 29.6 Å². The van der Waals surface area contributed by atoms with E-state index in [-0.39, 0.29) is 11.9 Å². The number of rotatable bonds is 3. The summed E-state index contributed by atoms with van der Waals surface area (Å²) in [4.78, 5) is 26.0. The molecule has 8 heteroatoms. The first-order valence-electron chi connectivity index (χ1n) is 7.52. The van der Waals surface area contributed by atoms with Crippen LogP contribution in [-0.4, -0.2) is 53.3 Å². The Labute approximate surface area is 139 Å². The Bertz CT molecular complexity index is 771. The lowest BCUT2D eigenvalue weighted by Crippen LogP contribution is -2.41. The van der Waals surface area contributed by atoms with E-state index >= 15 is 0 Å². The number of nitrogens with zero attached hydrogens (tertiary/aromatic N) is 4. The number of morpholine rings is 1. The van der Waals surface area contributed by atoms with Gasteiger partial charge in [-0.25, -0.2) is 4.98 Å². The second-order valence-electron chi connectivity index (χ2n) is 5.27. The minimum absolute atomic E-state index is 0.126. The van der Waals surface area contributed by atoms with Gasteiger partial charge in [0.05, 0.1) is 25.1 Å². The number of carbonyl (C=O) groups is 1. The lowest BCUT2D eigenvalue weighted by Gasteiger charge is -2.25. The molecule has 1 aliphatic heterocycles. The Balaban J connectivity index is 1.77. The monoisotopic (exact) mass is 326 g/mol. The molecule has 0 saturated carbocycles. The highest BCUT2D eigenvalue weighted by Gasteiger charge is 2.14. The summed E-state index contributed by atoms with van der Waals surface area (Å²) in [5, 5.41) is 0. The van der Waals surface area contributed by atoms with E-state index in [4.69, 9.17) is 16.2 Å². The van der Waals surface area contributed by atoms with Crippen LogP contribution in [0.2, 0.25) is 0 Å². The van der Waals surface area contributed by atoms with Crippen LogP contribution in [0, 0.1) is 0 Å². The van der Waals surface area contributed by atoms with E-state index in [0.29, 0.717) is 43.4 Å². The van der Waals surface area contributed by atoms with Crippen molar-refractivity contribution < 1.29 is 9.53 Å². The first kappa shape index (κ1) is 15.9. The summed E-state index contributed by atoms with van der Waals surface area (Å²) >= 11 is 0. The Morgan fingerprint density at radius 3 is 2.83 bits per heavy atom. The largest absolute Gasteiger partial charge is 0.383 e. The van der Waals surface area contributed by atoms with Crippen LogP contribution in [0.3, 0.4) is 0 Å². The number of hydrogen-bond donors (Lipinski definition) is 2. The zero-order valence-electron chi connectivity index (χ0n) is 13.1. The number of nitrogen functional groups attached to an aromatic ring is 2. The van der Waals surface area contributed by atoms with Crippen LogP contribution in [-0.2, 0) is 9.53 Å². The summed E-state index contributed by atoms with van der Waals surface area (Å²) in [6, 6.07) is 7.32. The van der Waals surface area contributed by atoms with Crippen LogP contribution >= 0.6 is 0 Å². The van der Waals surface area contributed by atoms with Crippen molar-refractivity contribution in [1.82, 2.24) is 14.9 Å². The highest BCUT2D eigenvalue weighted by molar-refractivity contribution is 6.26. The minimum Gasteiger partial charge on any atom is -0.383 e. The van der Waals surface area contributed by atoms with Gasteiger partial charge in [-0.1, -0.05) is 12.1 Å². The van der Waals surface area contributed by atoms with Crippen molar-refractivity contribution in [2.24, 2.45) is 4.99 Å². The van der Waals surface area contributed by atoms with Gasteiger partial charge in [-0.15, -0.1) is 0 Å². The number of carbonyl (C=O) groups excluding carboxylic acids is 1. The number of aromatic nitrogens is 2. The summed E-state index contributed by atoms with van der Waals surface area (Å²) in [6.07, 6.45) is 2.90. The van der Waals surface area contributed by atoms with E-state index in [1.807, 2.05) is 18.2 Å². The van der Waals surface area contributed by atoms with Crippen LogP contribution in [0.1, 0.15) is 0 Å². The number of aliphatic imine (C=N–C) groups is 1. The van der Waals surface area contributed by atoms with Crippen molar-refractivity contribution in [2.75, 3.05) is 37.8 Å². The van der Waals surface area contributed by atoms with Crippen LogP contribution in [0.15, 0.2) is 35.5 Å². The second kappa shape index (κ2) is 7.05. The molecule has 1 aromatic heterocycles. The molecule has 1 aliphatic rings. The van der Waals surface area contributed by atoms with Gasteiger partial charge in [0, 0.05) is 24.8 Å². The number of hydrogen-bond acceptors (Lipinski definition) is 7. The molecule has 2 heterocycles. The van der Waals surface area contributed by atoms with Crippen molar-refractivity contribution in [1.29, 1.82) is 0 Å². The topological polar surface area (TPSA) is 120 Å². The molecule has 124 valence electrons. The van der Waals surface area contributed by atoms with E-state index in [9.17, 15) is 4.79 Å². The number of nitrogens with two attached hydrogens (primary N) is 2. The van der Waals surface area contributed by atoms with Crippen molar-refractivity contribution in [2.45, 2.75) is 0 Å². The van der Waals surface area contributed by atoms with Gasteiger partial charge >= 0.3 is 0 Å². The number of amides is 1. The van der Waals surface area contributed by atoms with E-state index in [2.05, 4.69) is 15.0 Å². The first-order chi connectivity index (χ1) is 11.6. The molecular weight excluding hydrogens is 308 g/mol. The normalized spacial score (nSPS) is 14.9. The Hall–Kier alpha value is -3.00. The van der Waals surface area contributed by atoms with Crippen molar-refractivity contribution in [3.63, 3.8) is 0 Å². The van der Waals surface area contributed by atoms with Gasteiger partial charge in [0.2, 0.25) is 5.95 Å². The maximum absolute atomic E-state index is 12.1. The lowest BCUT2D eigenvalue weighted by molar-refractivity contribution is -0.127. The third-order valence-corrected chi connectivity index (χ3v) is 3.64. The van der Waals surface area contributed by atoms with Gasteiger partial charge in [0.1, 0.15) is 5.82 Å². The fourth-order valence-electron chi connectivity index (χ4n) is 2.38. The van der Waals surface area contributed by atoms with Crippen LogP contribution in [0.4, 0.5) is 17.5 Å². The quantitative estimate of drug-likeness (QED) is 0.808. The van der Waals surface area contributed by atoms with Gasteiger partial charge < -0.3 is 21.1 Å². The molecule has 8 nitrogen and oxygen atoms in total. The smallest absolute Gasteiger partial charge is 0.265 e. The van der Waals surface area contributed by atoms with Gasteiger partial charge in [-0.2, -0.15) is 4.98 Å². The molecule has 0 unspecified atom stereocenters. The van der Waals surface area contributed by atoms with Crippen molar-refractivity contribution in [3.8, 4) is 11.1 Å². The van der Waals surface area contributed by atoms with E-state index in [0.717, 1.165) is 5.56 Å². The number of benzene rings is 1. The van der Waals surface area contributed by atoms with E-state index in [1.54, 1.807) is 17.2 Å². The van der Waals surface area contributed by atoms with Crippen LogP contribution in [0.25, 0.3) is 11.1 Å². The molecule has 24 heavy (non-hydrogen) atoms. The highest BCUT2D eigenvalue weighted by Crippen LogP contribution is 2.27. The molecule has 0 spiro atoms. The molecule has 1 saturated heterocycles. The summed E-state index contributed by atoms with van der Waals surface area (Å²) in [5.41, 5.74) is 13.5. The van der Waals surface area contributed by atoms with Gasteiger partial charge in [0.25, 0.3) is 5.91 Å². The summed E-state index contributed by atoms with van der Waals surface area (Å²) in [5.74, 6) is 0.300. The van der Waals surface area contributed by atoms with Gasteiger partial charge in [-0.3, -0.25) is 9.79 Å². The third kappa shape index (κ3) is 3.66. The predicted molar refractivity (Wildman–Crippen MR) is 91.8 cm³/mol. The van der Waals surface area contributed by atoms with Crippen LogP contribution in [0.5, 0.6) is 0 Å². The third-order valence-electron chi connectivity index (χ3n) is 3.64. The molecule has 0 bridgehead atoms. The fourth-order valence-corrected chi connectivity index (χ4v) is 2.38. The number of anilines is 2. The Morgan fingerprint density at radius 2 is 2.08 bits per heavy atom. The zero-order valence-corrected chi connectivity index (χ0v) is 13.1.